The number of alkyl halides is 3. The molecule has 0 unspecified atom stereocenters. The zero-order valence-electron chi connectivity index (χ0n) is 19.7. The number of urea groups is 2. The van der Waals surface area contributed by atoms with E-state index in [-0.39, 0.29) is 22.3 Å². The van der Waals surface area contributed by atoms with Crippen molar-refractivity contribution in [2.45, 2.75) is 6.36 Å². The van der Waals surface area contributed by atoms with Crippen LogP contribution in [-0.2, 0) is 0 Å². The van der Waals surface area contributed by atoms with Gasteiger partial charge in [0, 0.05) is 25.5 Å². The maximum absolute atomic E-state index is 12.0. The van der Waals surface area contributed by atoms with Crippen molar-refractivity contribution in [3.05, 3.63) is 87.4 Å². The van der Waals surface area contributed by atoms with E-state index in [2.05, 4.69) is 20.7 Å². The first-order valence-electron chi connectivity index (χ1n) is 10.4. The average Bonchev–Trinajstić information content (AvgIpc) is 2.82. The molecule has 5 amide bonds. The normalized spacial score (nSPS) is 10.4. The number of carbonyl (C=O) groups is 3. The number of nitrogens with zero attached hydrogens (tertiary/aromatic N) is 1. The van der Waals surface area contributed by atoms with E-state index in [4.69, 9.17) is 34.8 Å². The van der Waals surface area contributed by atoms with Gasteiger partial charge in [-0.3, -0.25) is 10.1 Å². The lowest BCUT2D eigenvalue weighted by atomic mass is 10.2. The van der Waals surface area contributed by atoms with Crippen molar-refractivity contribution in [2.75, 3.05) is 24.7 Å². The maximum Gasteiger partial charge on any atom is 0.573 e. The van der Waals surface area contributed by atoms with Gasteiger partial charge < -0.3 is 20.3 Å². The molecule has 0 aliphatic carbocycles. The summed E-state index contributed by atoms with van der Waals surface area (Å²) in [4.78, 5) is 36.3. The Morgan fingerprint density at radius 3 is 1.95 bits per heavy atom. The van der Waals surface area contributed by atoms with Crippen LogP contribution in [0, 0.1) is 0 Å². The first kappa shape index (κ1) is 30.6. The number of hydrogen-bond donors (Lipinski definition) is 3. The Balaban J connectivity index is 0.000000308. The fourth-order valence-corrected chi connectivity index (χ4v) is 3.05. The number of imide groups is 1. The van der Waals surface area contributed by atoms with Crippen molar-refractivity contribution in [3.63, 3.8) is 0 Å². The second kappa shape index (κ2) is 13.8. The third-order valence-electron chi connectivity index (χ3n) is 4.27. The minimum atomic E-state index is -4.80. The molecule has 8 nitrogen and oxygen atoms in total. The number of amides is 5. The van der Waals surface area contributed by atoms with Crippen LogP contribution in [0.3, 0.4) is 0 Å². The van der Waals surface area contributed by atoms with Crippen LogP contribution in [0.4, 0.5) is 34.1 Å². The van der Waals surface area contributed by atoms with Gasteiger partial charge in [0.1, 0.15) is 5.75 Å². The molecule has 202 valence electrons. The van der Waals surface area contributed by atoms with E-state index < -0.39 is 24.1 Å². The van der Waals surface area contributed by atoms with E-state index >= 15 is 0 Å². The molecule has 14 heteroatoms. The number of anilines is 2. The van der Waals surface area contributed by atoms with Gasteiger partial charge in [-0.2, -0.15) is 0 Å². The minimum Gasteiger partial charge on any atom is -0.406 e. The molecule has 38 heavy (non-hydrogen) atoms. The van der Waals surface area contributed by atoms with Gasteiger partial charge in [-0.15, -0.1) is 13.2 Å². The average molecular weight is 592 g/mol. The maximum atomic E-state index is 12.0. The van der Waals surface area contributed by atoms with Crippen molar-refractivity contribution in [3.8, 4) is 5.75 Å². The van der Waals surface area contributed by atoms with Gasteiger partial charge in [0.25, 0.3) is 5.91 Å². The second-order valence-corrected chi connectivity index (χ2v) is 8.64. The smallest absolute Gasteiger partial charge is 0.406 e. The summed E-state index contributed by atoms with van der Waals surface area (Å²) in [7, 11) is 3.32. The number of rotatable bonds is 4. The molecule has 3 aromatic rings. The van der Waals surface area contributed by atoms with Crippen LogP contribution < -0.4 is 20.7 Å². The predicted octanol–water partition coefficient (Wildman–Crippen LogP) is 7.29. The molecular formula is C24H20Cl3F3N4O4. The van der Waals surface area contributed by atoms with Crippen molar-refractivity contribution >= 4 is 64.1 Å². The second-order valence-electron chi connectivity index (χ2n) is 7.41. The molecule has 3 N–H and O–H groups in total. The van der Waals surface area contributed by atoms with Crippen LogP contribution in [-0.4, -0.2) is 43.3 Å². The number of hydrogen-bond acceptors (Lipinski definition) is 4. The zero-order valence-corrected chi connectivity index (χ0v) is 22.0. The van der Waals surface area contributed by atoms with E-state index in [9.17, 15) is 27.6 Å². The summed E-state index contributed by atoms with van der Waals surface area (Å²) >= 11 is 17.3. The Morgan fingerprint density at radius 2 is 1.39 bits per heavy atom. The van der Waals surface area contributed by atoms with E-state index in [0.29, 0.717) is 15.7 Å². The molecule has 0 spiro atoms. The van der Waals surface area contributed by atoms with Crippen molar-refractivity contribution in [2.24, 2.45) is 0 Å². The van der Waals surface area contributed by atoms with E-state index in [1.165, 1.54) is 29.2 Å². The topological polar surface area (TPSA) is 99.8 Å². The molecule has 0 aromatic heterocycles. The van der Waals surface area contributed by atoms with Gasteiger partial charge in [0.2, 0.25) is 0 Å². The molecule has 3 rings (SSSR count). The SMILES string of the molecule is CN(C)C(=O)Nc1ccc(Cl)c(Cl)c1.O=C(NC(=O)c1ccccc1Cl)Nc1ccc(OC(F)(F)F)cc1. The molecule has 0 saturated carbocycles. The van der Waals surface area contributed by atoms with Crippen molar-refractivity contribution < 1.29 is 32.3 Å². The van der Waals surface area contributed by atoms with Crippen LogP contribution in [0.2, 0.25) is 15.1 Å². The number of benzene rings is 3. The third kappa shape index (κ3) is 10.4. The van der Waals surface area contributed by atoms with Crippen LogP contribution >= 0.6 is 34.8 Å². The molecule has 0 atom stereocenters. The highest BCUT2D eigenvalue weighted by molar-refractivity contribution is 6.42. The molecular weight excluding hydrogens is 572 g/mol. The monoisotopic (exact) mass is 590 g/mol. The molecule has 0 aliphatic heterocycles. The lowest BCUT2D eigenvalue weighted by Crippen LogP contribution is -2.34. The van der Waals surface area contributed by atoms with Crippen LogP contribution in [0.1, 0.15) is 10.4 Å². The fourth-order valence-electron chi connectivity index (χ4n) is 2.53. The summed E-state index contributed by atoms with van der Waals surface area (Å²) in [5.41, 5.74) is 0.912. The summed E-state index contributed by atoms with van der Waals surface area (Å²) in [6, 6.07) is 14.5. The summed E-state index contributed by atoms with van der Waals surface area (Å²) in [5.74, 6) is -1.14. The lowest BCUT2D eigenvalue weighted by Gasteiger charge is -2.12. The largest absolute Gasteiger partial charge is 0.573 e. The highest BCUT2D eigenvalue weighted by Crippen LogP contribution is 2.25. The highest BCUT2D eigenvalue weighted by atomic mass is 35.5. The Kier molecular flexibility index (Phi) is 11.1. The summed E-state index contributed by atoms with van der Waals surface area (Å²) in [6.07, 6.45) is -4.80. The summed E-state index contributed by atoms with van der Waals surface area (Å²) < 4.78 is 39.8. The molecule has 0 aliphatic rings. The van der Waals surface area contributed by atoms with Crippen LogP contribution in [0.5, 0.6) is 5.75 Å². The van der Waals surface area contributed by atoms with Crippen molar-refractivity contribution in [1.82, 2.24) is 10.2 Å². The van der Waals surface area contributed by atoms with Gasteiger partial charge in [-0.1, -0.05) is 46.9 Å². The summed E-state index contributed by atoms with van der Waals surface area (Å²) in [6.45, 7) is 0. The van der Waals surface area contributed by atoms with Gasteiger partial charge in [0.15, 0.2) is 0 Å². The number of carbonyl (C=O) groups excluding carboxylic acids is 3. The first-order valence-corrected chi connectivity index (χ1v) is 11.5. The molecule has 0 bridgehead atoms. The fraction of sp³-hybridized carbons (Fsp3) is 0.125. The Morgan fingerprint density at radius 1 is 0.789 bits per heavy atom. The zero-order chi connectivity index (χ0) is 28.5. The quantitative estimate of drug-likeness (QED) is 0.297. The lowest BCUT2D eigenvalue weighted by molar-refractivity contribution is -0.274. The van der Waals surface area contributed by atoms with E-state index in [1.54, 1.807) is 44.4 Å². The molecule has 0 fully saturated rings. The Bertz CT molecular complexity index is 1290. The number of halogens is 6. The Labute approximate surface area is 230 Å². The predicted molar refractivity (Wildman–Crippen MR) is 140 cm³/mol. The van der Waals surface area contributed by atoms with E-state index in [1.807, 2.05) is 0 Å². The van der Waals surface area contributed by atoms with Gasteiger partial charge >= 0.3 is 18.4 Å². The minimum absolute atomic E-state index is 0.114. The van der Waals surface area contributed by atoms with Gasteiger partial charge in [0.05, 0.1) is 20.6 Å². The van der Waals surface area contributed by atoms with Gasteiger partial charge in [-0.05, 0) is 54.6 Å². The number of ether oxygens (including phenoxy) is 1. The molecule has 3 aromatic carbocycles. The number of nitrogens with one attached hydrogen (secondary N) is 3. The van der Waals surface area contributed by atoms with Crippen molar-refractivity contribution in [1.29, 1.82) is 0 Å². The molecule has 0 radical (unpaired) electrons. The first-order chi connectivity index (χ1) is 17.7. The standard InChI is InChI=1S/C15H10ClF3N2O3.C9H10Cl2N2O/c16-12-4-2-1-3-11(12)13(22)21-14(23)20-9-5-7-10(8-6-9)24-15(17,18)19;1-13(2)9(14)12-6-3-4-7(10)8(11)5-6/h1-8H,(H2,20,21,22,23);3-5H,1-2H3,(H,12,14). The van der Waals surface area contributed by atoms with Crippen LogP contribution in [0.25, 0.3) is 0 Å². The Hall–Kier alpha value is -3.67. The van der Waals surface area contributed by atoms with Crippen LogP contribution in [0.15, 0.2) is 66.7 Å². The highest BCUT2D eigenvalue weighted by Gasteiger charge is 2.31. The molecule has 0 saturated heterocycles. The molecule has 0 heterocycles. The third-order valence-corrected chi connectivity index (χ3v) is 5.34. The van der Waals surface area contributed by atoms with E-state index in [0.717, 1.165) is 12.1 Å². The summed E-state index contributed by atoms with van der Waals surface area (Å²) in [5, 5.41) is 8.07. The van der Waals surface area contributed by atoms with Gasteiger partial charge in [-0.25, -0.2) is 9.59 Å².